The molecule has 0 saturated heterocycles. The van der Waals surface area contributed by atoms with Crippen LogP contribution < -0.4 is 10.6 Å². The predicted octanol–water partition coefficient (Wildman–Crippen LogP) is 4.15. The van der Waals surface area contributed by atoms with Crippen LogP contribution in [0.1, 0.15) is 25.3 Å². The van der Waals surface area contributed by atoms with E-state index in [2.05, 4.69) is 10.6 Å². The van der Waals surface area contributed by atoms with Crippen molar-refractivity contribution >= 4 is 34.8 Å². The maximum absolute atomic E-state index is 12.3. The molecule has 5 nitrogen and oxygen atoms in total. The number of rotatable bonds is 8. The number of anilines is 2. The molecular formula is C20H24ClN3O2. The standard InChI is InChI=1S/C20H24ClN3O2/c1-3-7-19(25)23-16-10-11-17(21)18(12-16)22-13-20(26)24(2)14-15-8-5-4-6-9-15/h4-6,8-12,22H,3,7,13-14H2,1-2H3,(H,23,25). The van der Waals surface area contributed by atoms with Crippen molar-refractivity contribution in [1.29, 1.82) is 0 Å². The van der Waals surface area contributed by atoms with Crippen LogP contribution in [0.3, 0.4) is 0 Å². The van der Waals surface area contributed by atoms with Crippen LogP contribution in [-0.2, 0) is 16.1 Å². The third kappa shape index (κ3) is 6.08. The highest BCUT2D eigenvalue weighted by Crippen LogP contribution is 2.25. The molecule has 0 atom stereocenters. The van der Waals surface area contributed by atoms with Crippen LogP contribution in [-0.4, -0.2) is 30.3 Å². The lowest BCUT2D eigenvalue weighted by molar-refractivity contribution is -0.128. The number of amides is 2. The molecule has 0 radical (unpaired) electrons. The number of carbonyl (C=O) groups is 2. The predicted molar refractivity (Wildman–Crippen MR) is 106 cm³/mol. The van der Waals surface area contributed by atoms with Crippen LogP contribution in [0, 0.1) is 0 Å². The van der Waals surface area contributed by atoms with Gasteiger partial charge in [0, 0.05) is 25.7 Å². The highest BCUT2D eigenvalue weighted by molar-refractivity contribution is 6.33. The largest absolute Gasteiger partial charge is 0.375 e. The second kappa shape index (κ2) is 9.82. The second-order valence-corrected chi connectivity index (χ2v) is 6.49. The van der Waals surface area contributed by atoms with Gasteiger partial charge in [-0.25, -0.2) is 0 Å². The lowest BCUT2D eigenvalue weighted by atomic mass is 10.2. The minimum atomic E-state index is -0.0506. The van der Waals surface area contributed by atoms with Crippen LogP contribution in [0.15, 0.2) is 48.5 Å². The van der Waals surface area contributed by atoms with E-state index in [1.807, 2.05) is 37.3 Å². The molecule has 0 aliphatic carbocycles. The summed E-state index contributed by atoms with van der Waals surface area (Å²) >= 11 is 6.19. The first-order valence-electron chi connectivity index (χ1n) is 8.60. The summed E-state index contributed by atoms with van der Waals surface area (Å²) in [6, 6.07) is 15.0. The summed E-state index contributed by atoms with van der Waals surface area (Å²) in [5, 5.41) is 6.37. The molecule has 2 aromatic carbocycles. The summed E-state index contributed by atoms with van der Waals surface area (Å²) in [5.41, 5.74) is 2.34. The van der Waals surface area contributed by atoms with Gasteiger partial charge in [-0.2, -0.15) is 0 Å². The van der Waals surface area contributed by atoms with E-state index in [1.165, 1.54) is 0 Å². The maximum Gasteiger partial charge on any atom is 0.241 e. The van der Waals surface area contributed by atoms with E-state index in [0.717, 1.165) is 12.0 Å². The van der Waals surface area contributed by atoms with Gasteiger partial charge in [0.15, 0.2) is 0 Å². The molecule has 0 aliphatic heterocycles. The van der Waals surface area contributed by atoms with Crippen molar-refractivity contribution in [3.8, 4) is 0 Å². The van der Waals surface area contributed by atoms with E-state index < -0.39 is 0 Å². The Hall–Kier alpha value is -2.53. The number of nitrogens with one attached hydrogen (secondary N) is 2. The van der Waals surface area contributed by atoms with Gasteiger partial charge in [0.2, 0.25) is 11.8 Å². The van der Waals surface area contributed by atoms with Crippen LogP contribution in [0.2, 0.25) is 5.02 Å². The number of hydrogen-bond acceptors (Lipinski definition) is 3. The summed E-state index contributed by atoms with van der Waals surface area (Å²) in [4.78, 5) is 25.7. The van der Waals surface area contributed by atoms with Crippen molar-refractivity contribution in [1.82, 2.24) is 4.90 Å². The van der Waals surface area contributed by atoms with Gasteiger partial charge in [-0.05, 0) is 30.2 Å². The zero-order valence-electron chi connectivity index (χ0n) is 15.1. The summed E-state index contributed by atoms with van der Waals surface area (Å²) in [6.07, 6.45) is 1.25. The number of hydrogen-bond donors (Lipinski definition) is 2. The molecule has 2 N–H and O–H groups in total. The zero-order chi connectivity index (χ0) is 18.9. The summed E-state index contributed by atoms with van der Waals surface area (Å²) < 4.78 is 0. The second-order valence-electron chi connectivity index (χ2n) is 6.08. The molecule has 0 aromatic heterocycles. The fraction of sp³-hybridized carbons (Fsp3) is 0.300. The third-order valence-corrected chi connectivity index (χ3v) is 4.18. The van der Waals surface area contributed by atoms with Crippen molar-refractivity contribution in [2.24, 2.45) is 0 Å². The van der Waals surface area contributed by atoms with Crippen LogP contribution in [0.5, 0.6) is 0 Å². The number of carbonyl (C=O) groups excluding carboxylic acids is 2. The molecule has 138 valence electrons. The Morgan fingerprint density at radius 2 is 1.85 bits per heavy atom. The number of benzene rings is 2. The van der Waals surface area contributed by atoms with Crippen molar-refractivity contribution in [2.45, 2.75) is 26.3 Å². The first-order chi connectivity index (χ1) is 12.5. The van der Waals surface area contributed by atoms with E-state index in [4.69, 9.17) is 11.6 Å². The van der Waals surface area contributed by atoms with Crippen molar-refractivity contribution in [3.63, 3.8) is 0 Å². The van der Waals surface area contributed by atoms with E-state index in [-0.39, 0.29) is 18.4 Å². The summed E-state index contributed by atoms with van der Waals surface area (Å²) in [6.45, 7) is 2.61. The average molecular weight is 374 g/mol. The monoisotopic (exact) mass is 373 g/mol. The van der Waals surface area contributed by atoms with E-state index in [1.54, 1.807) is 30.1 Å². The smallest absolute Gasteiger partial charge is 0.241 e. The van der Waals surface area contributed by atoms with Gasteiger partial charge in [0.05, 0.1) is 17.3 Å². The fourth-order valence-corrected chi connectivity index (χ4v) is 2.62. The lowest BCUT2D eigenvalue weighted by Gasteiger charge is -2.18. The Morgan fingerprint density at radius 1 is 1.12 bits per heavy atom. The van der Waals surface area contributed by atoms with Crippen LogP contribution in [0.25, 0.3) is 0 Å². The minimum Gasteiger partial charge on any atom is -0.375 e. The quantitative estimate of drug-likeness (QED) is 0.730. The number of likely N-dealkylation sites (N-methyl/N-ethyl adjacent to an activating group) is 1. The zero-order valence-corrected chi connectivity index (χ0v) is 15.8. The molecule has 26 heavy (non-hydrogen) atoms. The van der Waals surface area contributed by atoms with Gasteiger partial charge in [-0.1, -0.05) is 48.9 Å². The Kier molecular flexibility index (Phi) is 7.48. The number of nitrogens with zero attached hydrogens (tertiary/aromatic N) is 1. The molecule has 0 spiro atoms. The highest BCUT2D eigenvalue weighted by atomic mass is 35.5. The minimum absolute atomic E-state index is 0.0422. The Morgan fingerprint density at radius 3 is 2.54 bits per heavy atom. The van der Waals surface area contributed by atoms with Gasteiger partial charge in [0.25, 0.3) is 0 Å². The SMILES string of the molecule is CCCC(=O)Nc1ccc(Cl)c(NCC(=O)N(C)Cc2ccccc2)c1. The fourth-order valence-electron chi connectivity index (χ4n) is 2.44. The average Bonchev–Trinajstić information content (AvgIpc) is 2.63. The molecule has 6 heteroatoms. The molecule has 0 unspecified atom stereocenters. The molecule has 0 heterocycles. The molecule has 0 saturated carbocycles. The van der Waals surface area contributed by atoms with Gasteiger partial charge in [-0.15, -0.1) is 0 Å². The van der Waals surface area contributed by atoms with Crippen LogP contribution in [0.4, 0.5) is 11.4 Å². The van der Waals surface area contributed by atoms with Gasteiger partial charge < -0.3 is 15.5 Å². The van der Waals surface area contributed by atoms with Gasteiger partial charge in [-0.3, -0.25) is 9.59 Å². The van der Waals surface area contributed by atoms with E-state index >= 15 is 0 Å². The summed E-state index contributed by atoms with van der Waals surface area (Å²) in [5.74, 6) is -0.0928. The Labute approximate surface area is 159 Å². The highest BCUT2D eigenvalue weighted by Gasteiger charge is 2.11. The Balaban J connectivity index is 1.93. The molecule has 2 aromatic rings. The molecular weight excluding hydrogens is 350 g/mol. The third-order valence-electron chi connectivity index (χ3n) is 3.85. The molecule has 0 aliphatic rings. The topological polar surface area (TPSA) is 61.4 Å². The summed E-state index contributed by atoms with van der Waals surface area (Å²) in [7, 11) is 1.76. The van der Waals surface area contributed by atoms with Gasteiger partial charge in [0.1, 0.15) is 0 Å². The molecule has 2 rings (SSSR count). The number of halogens is 1. The van der Waals surface area contributed by atoms with Crippen molar-refractivity contribution in [2.75, 3.05) is 24.2 Å². The molecule has 0 bridgehead atoms. The van der Waals surface area contributed by atoms with Gasteiger partial charge >= 0.3 is 0 Å². The first-order valence-corrected chi connectivity index (χ1v) is 8.98. The van der Waals surface area contributed by atoms with E-state index in [9.17, 15) is 9.59 Å². The first kappa shape index (κ1) is 19.8. The van der Waals surface area contributed by atoms with Crippen molar-refractivity contribution in [3.05, 3.63) is 59.1 Å². The normalized spacial score (nSPS) is 10.3. The Bertz CT molecular complexity index is 750. The lowest BCUT2D eigenvalue weighted by Crippen LogP contribution is -2.31. The van der Waals surface area contributed by atoms with Crippen LogP contribution >= 0.6 is 11.6 Å². The van der Waals surface area contributed by atoms with Crippen molar-refractivity contribution < 1.29 is 9.59 Å². The maximum atomic E-state index is 12.3. The molecule has 2 amide bonds. The molecule has 0 fully saturated rings. The van der Waals surface area contributed by atoms with E-state index in [0.29, 0.717) is 29.4 Å².